The smallest absolute Gasteiger partial charge is 0.0824 e. The first-order valence-corrected chi connectivity index (χ1v) is 5.96. The molecule has 0 fully saturated rings. The topological polar surface area (TPSA) is 20.2 Å². The maximum Gasteiger partial charge on any atom is 0.0824 e. The minimum atomic E-state index is -0.258. The van der Waals surface area contributed by atoms with Gasteiger partial charge in [-0.1, -0.05) is 45.4 Å². The number of hydrogen-bond donors (Lipinski definition) is 1. The van der Waals surface area contributed by atoms with E-state index in [4.69, 9.17) is 0 Å². The van der Waals surface area contributed by atoms with Crippen LogP contribution in [0.25, 0.3) is 0 Å². The number of rotatable bonds is 2. The van der Waals surface area contributed by atoms with E-state index in [0.717, 1.165) is 6.42 Å². The van der Waals surface area contributed by atoms with Gasteiger partial charge in [0.05, 0.1) is 6.10 Å². The van der Waals surface area contributed by atoms with Gasteiger partial charge in [0.2, 0.25) is 0 Å². The molecule has 0 amide bonds. The van der Waals surface area contributed by atoms with Crippen LogP contribution in [-0.2, 0) is 6.42 Å². The Morgan fingerprint density at radius 3 is 2.60 bits per heavy atom. The van der Waals surface area contributed by atoms with Gasteiger partial charge in [-0.3, -0.25) is 0 Å². The van der Waals surface area contributed by atoms with Gasteiger partial charge in [-0.25, -0.2) is 0 Å². The zero-order chi connectivity index (χ0) is 11.0. The Hall–Kier alpha value is -0.820. The third-order valence-corrected chi connectivity index (χ3v) is 3.79. The molecule has 0 radical (unpaired) electrons. The molecule has 1 heteroatoms. The quantitative estimate of drug-likeness (QED) is 0.782. The van der Waals surface area contributed by atoms with Gasteiger partial charge < -0.3 is 5.11 Å². The van der Waals surface area contributed by atoms with Crippen molar-refractivity contribution in [3.8, 4) is 0 Å². The highest BCUT2D eigenvalue weighted by Crippen LogP contribution is 2.44. The molecule has 0 saturated heterocycles. The number of aliphatic hydroxyl groups is 1. The van der Waals surface area contributed by atoms with Gasteiger partial charge >= 0.3 is 0 Å². The lowest BCUT2D eigenvalue weighted by Gasteiger charge is -2.12. The highest BCUT2D eigenvalue weighted by molar-refractivity contribution is 5.40. The van der Waals surface area contributed by atoms with E-state index in [1.165, 1.54) is 23.1 Å². The fraction of sp³-hybridized carbons (Fsp3) is 0.571. The van der Waals surface area contributed by atoms with Crippen LogP contribution >= 0.6 is 0 Å². The summed E-state index contributed by atoms with van der Waals surface area (Å²) in [6.45, 7) is 6.53. The standard InChI is InChI=1S/C14H20O/c1-4-5-11-6-7-12-9(2)10(3)14(15)13(12)8-11/h6-10,14-15H,4-5H2,1-3H3. The van der Waals surface area contributed by atoms with Gasteiger partial charge in [-0.2, -0.15) is 0 Å². The Morgan fingerprint density at radius 2 is 1.93 bits per heavy atom. The van der Waals surface area contributed by atoms with Crippen molar-refractivity contribution in [3.63, 3.8) is 0 Å². The van der Waals surface area contributed by atoms with Crippen molar-refractivity contribution in [2.75, 3.05) is 0 Å². The van der Waals surface area contributed by atoms with E-state index in [-0.39, 0.29) is 6.10 Å². The fourth-order valence-electron chi connectivity index (χ4n) is 2.58. The molecule has 1 aliphatic carbocycles. The summed E-state index contributed by atoms with van der Waals surface area (Å²) >= 11 is 0. The summed E-state index contributed by atoms with van der Waals surface area (Å²) in [6.07, 6.45) is 2.02. The van der Waals surface area contributed by atoms with E-state index in [0.29, 0.717) is 11.8 Å². The minimum Gasteiger partial charge on any atom is -0.388 e. The summed E-state index contributed by atoms with van der Waals surface area (Å²) in [5.41, 5.74) is 3.87. The van der Waals surface area contributed by atoms with E-state index in [1.807, 2.05) is 0 Å². The first kappa shape index (κ1) is 10.7. The van der Waals surface area contributed by atoms with Crippen LogP contribution < -0.4 is 0 Å². The predicted octanol–water partition coefficient (Wildman–Crippen LogP) is 3.43. The van der Waals surface area contributed by atoms with E-state index in [1.54, 1.807) is 0 Å². The average molecular weight is 204 g/mol. The van der Waals surface area contributed by atoms with Crippen LogP contribution in [0, 0.1) is 5.92 Å². The molecule has 0 saturated carbocycles. The molecule has 0 aliphatic heterocycles. The van der Waals surface area contributed by atoms with Gasteiger partial charge in [0.25, 0.3) is 0 Å². The van der Waals surface area contributed by atoms with Crippen molar-refractivity contribution < 1.29 is 5.11 Å². The highest BCUT2D eigenvalue weighted by atomic mass is 16.3. The molecule has 1 aromatic carbocycles. The second-order valence-electron chi connectivity index (χ2n) is 4.81. The normalized spacial score (nSPS) is 29.2. The molecule has 0 spiro atoms. The lowest BCUT2D eigenvalue weighted by Crippen LogP contribution is -2.04. The molecular weight excluding hydrogens is 184 g/mol. The molecule has 0 bridgehead atoms. The number of aryl methyl sites for hydroxylation is 1. The molecule has 1 N–H and O–H groups in total. The average Bonchev–Trinajstić information content (AvgIpc) is 2.45. The summed E-state index contributed by atoms with van der Waals surface area (Å²) < 4.78 is 0. The molecule has 1 aromatic rings. The molecular formula is C14H20O. The summed E-state index contributed by atoms with van der Waals surface area (Å²) in [5, 5.41) is 10.1. The Morgan fingerprint density at radius 1 is 1.20 bits per heavy atom. The summed E-state index contributed by atoms with van der Waals surface area (Å²) in [5.74, 6) is 0.850. The lowest BCUT2D eigenvalue weighted by atomic mass is 9.95. The van der Waals surface area contributed by atoms with E-state index in [2.05, 4.69) is 39.0 Å². The maximum absolute atomic E-state index is 10.1. The van der Waals surface area contributed by atoms with Gasteiger partial charge in [0, 0.05) is 0 Å². The molecule has 3 atom stereocenters. The summed E-state index contributed by atoms with van der Waals surface area (Å²) in [6, 6.07) is 6.62. The van der Waals surface area contributed by atoms with Crippen LogP contribution in [-0.4, -0.2) is 5.11 Å². The van der Waals surface area contributed by atoms with Crippen LogP contribution in [0.1, 0.15) is 55.9 Å². The number of benzene rings is 1. The van der Waals surface area contributed by atoms with Gasteiger partial charge in [0.15, 0.2) is 0 Å². The zero-order valence-corrected chi connectivity index (χ0v) is 9.83. The number of aliphatic hydroxyl groups excluding tert-OH is 1. The molecule has 0 aromatic heterocycles. The maximum atomic E-state index is 10.1. The first-order valence-electron chi connectivity index (χ1n) is 5.96. The SMILES string of the molecule is CCCc1ccc2c(c1)C(O)C(C)C2C. The fourth-order valence-corrected chi connectivity index (χ4v) is 2.58. The third kappa shape index (κ3) is 1.69. The van der Waals surface area contributed by atoms with Crippen molar-refractivity contribution in [2.45, 2.75) is 45.6 Å². The van der Waals surface area contributed by atoms with E-state index < -0.39 is 0 Å². The van der Waals surface area contributed by atoms with Crippen LogP contribution in [0.2, 0.25) is 0 Å². The molecule has 1 nitrogen and oxygen atoms in total. The van der Waals surface area contributed by atoms with Crippen molar-refractivity contribution in [1.82, 2.24) is 0 Å². The zero-order valence-electron chi connectivity index (χ0n) is 9.83. The first-order chi connectivity index (χ1) is 7.15. The predicted molar refractivity (Wildman–Crippen MR) is 63.0 cm³/mol. The highest BCUT2D eigenvalue weighted by Gasteiger charge is 2.33. The molecule has 2 rings (SSSR count). The van der Waals surface area contributed by atoms with Gasteiger partial charge in [-0.15, -0.1) is 0 Å². The number of fused-ring (bicyclic) bond motifs is 1. The Bertz CT molecular complexity index is 356. The van der Waals surface area contributed by atoms with Gasteiger partial charge in [0.1, 0.15) is 0 Å². The third-order valence-electron chi connectivity index (χ3n) is 3.79. The van der Waals surface area contributed by atoms with Crippen LogP contribution in [0.4, 0.5) is 0 Å². The lowest BCUT2D eigenvalue weighted by molar-refractivity contribution is 0.123. The second-order valence-corrected chi connectivity index (χ2v) is 4.81. The monoisotopic (exact) mass is 204 g/mol. The Kier molecular flexibility index (Phi) is 2.83. The Labute approximate surface area is 92.1 Å². The Balaban J connectivity index is 2.38. The van der Waals surface area contributed by atoms with Crippen molar-refractivity contribution >= 4 is 0 Å². The summed E-state index contributed by atoms with van der Waals surface area (Å²) in [7, 11) is 0. The van der Waals surface area contributed by atoms with Crippen molar-refractivity contribution in [1.29, 1.82) is 0 Å². The van der Waals surface area contributed by atoms with Gasteiger partial charge in [-0.05, 0) is 34.9 Å². The molecule has 82 valence electrons. The van der Waals surface area contributed by atoms with Crippen LogP contribution in [0.5, 0.6) is 0 Å². The molecule has 3 unspecified atom stereocenters. The van der Waals surface area contributed by atoms with Crippen molar-refractivity contribution in [3.05, 3.63) is 34.9 Å². The van der Waals surface area contributed by atoms with Crippen LogP contribution in [0.3, 0.4) is 0 Å². The number of hydrogen-bond acceptors (Lipinski definition) is 1. The molecule has 0 heterocycles. The second kappa shape index (κ2) is 3.97. The van der Waals surface area contributed by atoms with E-state index in [9.17, 15) is 5.11 Å². The van der Waals surface area contributed by atoms with Crippen LogP contribution in [0.15, 0.2) is 18.2 Å². The molecule has 15 heavy (non-hydrogen) atoms. The summed E-state index contributed by atoms with van der Waals surface area (Å²) in [4.78, 5) is 0. The molecule has 1 aliphatic rings. The minimum absolute atomic E-state index is 0.258. The van der Waals surface area contributed by atoms with Crippen molar-refractivity contribution in [2.24, 2.45) is 5.92 Å². The largest absolute Gasteiger partial charge is 0.388 e. The van der Waals surface area contributed by atoms with E-state index >= 15 is 0 Å².